The van der Waals surface area contributed by atoms with Crippen molar-refractivity contribution >= 4 is 33.8 Å². The molecule has 4 nitrogen and oxygen atoms in total. The van der Waals surface area contributed by atoms with E-state index < -0.39 is 0 Å². The molecule has 2 aliphatic rings. The van der Waals surface area contributed by atoms with Gasteiger partial charge in [-0.1, -0.05) is 72.4 Å². The molecule has 2 aromatic carbocycles. The third-order valence-corrected chi connectivity index (χ3v) is 7.80. The predicted molar refractivity (Wildman–Crippen MR) is 129 cm³/mol. The van der Waals surface area contributed by atoms with E-state index in [1.807, 2.05) is 24.3 Å². The van der Waals surface area contributed by atoms with Gasteiger partial charge in [0.05, 0.1) is 6.54 Å². The molecule has 6 heteroatoms. The second-order valence-electron chi connectivity index (χ2n) is 7.78. The second-order valence-corrected chi connectivity index (χ2v) is 10.1. The molecule has 0 aliphatic carbocycles. The van der Waals surface area contributed by atoms with Gasteiger partial charge in [-0.3, -0.25) is 14.7 Å². The molecule has 30 heavy (non-hydrogen) atoms. The van der Waals surface area contributed by atoms with Gasteiger partial charge in [0.25, 0.3) is 5.91 Å². The van der Waals surface area contributed by atoms with Crippen LogP contribution in [0.4, 0.5) is 0 Å². The summed E-state index contributed by atoms with van der Waals surface area (Å²) >= 11 is 3.53. The van der Waals surface area contributed by atoms with E-state index in [4.69, 9.17) is 0 Å². The molecule has 4 rings (SSSR count). The molecule has 1 fully saturated rings. The summed E-state index contributed by atoms with van der Waals surface area (Å²) in [5.74, 6) is 1.84. The highest BCUT2D eigenvalue weighted by Crippen LogP contribution is 2.26. The van der Waals surface area contributed by atoms with E-state index in [1.165, 1.54) is 37.9 Å². The molecule has 0 atom stereocenters. The average molecular weight is 440 g/mol. The largest absolute Gasteiger partial charge is 0.348 e. The lowest BCUT2D eigenvalue weighted by atomic mass is 10.1. The third-order valence-electron chi connectivity index (χ3n) is 5.50. The summed E-state index contributed by atoms with van der Waals surface area (Å²) in [6.07, 6.45) is 4.00. The fourth-order valence-electron chi connectivity index (χ4n) is 3.83. The van der Waals surface area contributed by atoms with Gasteiger partial charge in [-0.05, 0) is 48.7 Å². The lowest BCUT2D eigenvalue weighted by Gasteiger charge is -2.26. The van der Waals surface area contributed by atoms with Gasteiger partial charge in [0.2, 0.25) is 0 Å². The molecule has 158 valence electrons. The maximum Gasteiger partial charge on any atom is 0.251 e. The third kappa shape index (κ3) is 6.13. The Balaban J connectivity index is 1.30. The highest BCUT2D eigenvalue weighted by Gasteiger charge is 2.14. The summed E-state index contributed by atoms with van der Waals surface area (Å²) in [6, 6.07) is 16.5. The molecule has 0 unspecified atom stereocenters. The van der Waals surface area contributed by atoms with E-state index in [1.54, 1.807) is 23.5 Å². The number of likely N-dealkylation sites (tertiary alicyclic amines) is 1. The predicted octanol–water partition coefficient (Wildman–Crippen LogP) is 4.94. The summed E-state index contributed by atoms with van der Waals surface area (Å²) < 4.78 is 1.13. The van der Waals surface area contributed by atoms with Crippen molar-refractivity contribution in [1.82, 2.24) is 10.2 Å². The molecule has 0 radical (unpaired) electrons. The Labute approximate surface area is 187 Å². The van der Waals surface area contributed by atoms with Gasteiger partial charge in [0.15, 0.2) is 0 Å². The number of nitrogens with zero attached hydrogens (tertiary/aromatic N) is 2. The Morgan fingerprint density at radius 2 is 1.80 bits per heavy atom. The molecular weight excluding hydrogens is 410 g/mol. The van der Waals surface area contributed by atoms with E-state index in [9.17, 15) is 4.79 Å². The van der Waals surface area contributed by atoms with Crippen LogP contribution < -0.4 is 5.32 Å². The first-order valence-corrected chi connectivity index (χ1v) is 12.7. The Hall–Kier alpha value is -1.76. The molecule has 2 heterocycles. The number of nitrogens with one attached hydrogen (secondary N) is 1. The van der Waals surface area contributed by atoms with Crippen molar-refractivity contribution in [2.75, 3.05) is 25.4 Å². The van der Waals surface area contributed by atoms with Crippen LogP contribution in [0.3, 0.4) is 0 Å². The summed E-state index contributed by atoms with van der Waals surface area (Å²) in [7, 11) is 0. The maximum atomic E-state index is 12.8. The topological polar surface area (TPSA) is 44.7 Å². The van der Waals surface area contributed by atoms with E-state index in [2.05, 4.69) is 39.5 Å². The molecule has 2 aliphatic heterocycles. The zero-order chi connectivity index (χ0) is 20.6. The van der Waals surface area contributed by atoms with Crippen molar-refractivity contribution in [1.29, 1.82) is 0 Å². The van der Waals surface area contributed by atoms with Crippen LogP contribution in [0.1, 0.15) is 46.3 Å². The number of hydrogen-bond acceptors (Lipinski definition) is 5. The van der Waals surface area contributed by atoms with Crippen molar-refractivity contribution < 1.29 is 4.79 Å². The molecule has 1 saturated heterocycles. The number of aliphatic imine (C=N–C) groups is 1. The molecule has 2 aromatic rings. The summed E-state index contributed by atoms with van der Waals surface area (Å²) in [5, 5.41) is 3.09. The minimum Gasteiger partial charge on any atom is -0.348 e. The molecular formula is C24H29N3OS2. The Kier molecular flexibility index (Phi) is 7.89. The number of piperidine rings is 1. The SMILES string of the molecule is O=C(NCc1ccc(CN2CCCCC2)cc1)c1ccccc1CSC1=NCCS1. The zero-order valence-electron chi connectivity index (χ0n) is 17.3. The van der Waals surface area contributed by atoms with Crippen molar-refractivity contribution in [3.8, 4) is 0 Å². The van der Waals surface area contributed by atoms with Crippen LogP contribution in [0.2, 0.25) is 0 Å². The van der Waals surface area contributed by atoms with Crippen LogP contribution in [0.5, 0.6) is 0 Å². The van der Waals surface area contributed by atoms with Crippen molar-refractivity contribution in [2.45, 2.75) is 38.1 Å². The first-order valence-electron chi connectivity index (χ1n) is 10.7. The highest BCUT2D eigenvalue weighted by molar-refractivity contribution is 8.38. The molecule has 1 amide bonds. The van der Waals surface area contributed by atoms with E-state index in [0.29, 0.717) is 6.54 Å². The standard InChI is InChI=1S/C24H29N3OS2/c28-23(22-7-3-2-6-21(22)18-30-24-25-12-15-29-24)26-16-19-8-10-20(11-9-19)17-27-13-4-1-5-14-27/h2-3,6-11H,1,4-5,12-18H2,(H,26,28). The van der Waals surface area contributed by atoms with Crippen LogP contribution in [-0.2, 0) is 18.8 Å². The van der Waals surface area contributed by atoms with Crippen LogP contribution in [0, 0.1) is 0 Å². The Bertz CT molecular complexity index is 876. The fraction of sp³-hybridized carbons (Fsp3) is 0.417. The van der Waals surface area contributed by atoms with Gasteiger partial charge in [-0.2, -0.15) is 0 Å². The van der Waals surface area contributed by atoms with Gasteiger partial charge in [0, 0.05) is 30.2 Å². The van der Waals surface area contributed by atoms with Gasteiger partial charge < -0.3 is 5.32 Å². The number of benzene rings is 2. The Morgan fingerprint density at radius 1 is 1.03 bits per heavy atom. The first kappa shape index (κ1) is 21.5. The van der Waals surface area contributed by atoms with Crippen LogP contribution >= 0.6 is 23.5 Å². The van der Waals surface area contributed by atoms with Crippen LogP contribution in [0.25, 0.3) is 0 Å². The number of carbonyl (C=O) groups is 1. The number of hydrogen-bond donors (Lipinski definition) is 1. The van der Waals surface area contributed by atoms with Gasteiger partial charge in [0.1, 0.15) is 4.38 Å². The van der Waals surface area contributed by atoms with Crippen molar-refractivity contribution in [2.24, 2.45) is 4.99 Å². The van der Waals surface area contributed by atoms with Crippen LogP contribution in [0.15, 0.2) is 53.5 Å². The summed E-state index contributed by atoms with van der Waals surface area (Å²) in [6.45, 7) is 4.91. The fourth-order valence-corrected chi connectivity index (χ4v) is 5.84. The molecule has 0 bridgehead atoms. The highest BCUT2D eigenvalue weighted by atomic mass is 32.2. The minimum absolute atomic E-state index is 0.00962. The van der Waals surface area contributed by atoms with Crippen molar-refractivity contribution in [3.05, 3.63) is 70.8 Å². The van der Waals surface area contributed by atoms with E-state index >= 15 is 0 Å². The lowest BCUT2D eigenvalue weighted by molar-refractivity contribution is 0.0950. The maximum absolute atomic E-state index is 12.8. The molecule has 0 saturated carbocycles. The van der Waals surface area contributed by atoms with Crippen LogP contribution in [-0.4, -0.2) is 40.6 Å². The van der Waals surface area contributed by atoms with Gasteiger partial charge in [-0.25, -0.2) is 0 Å². The smallest absolute Gasteiger partial charge is 0.251 e. The first-order chi connectivity index (χ1) is 14.8. The second kappa shape index (κ2) is 11.0. The minimum atomic E-state index is -0.00962. The quantitative estimate of drug-likeness (QED) is 0.664. The monoisotopic (exact) mass is 439 g/mol. The molecule has 0 aromatic heterocycles. The number of carbonyl (C=O) groups excluding carboxylic acids is 1. The normalized spacial score (nSPS) is 17.0. The molecule has 0 spiro atoms. The van der Waals surface area contributed by atoms with Gasteiger partial charge in [-0.15, -0.1) is 0 Å². The number of thioether (sulfide) groups is 2. The van der Waals surface area contributed by atoms with E-state index in [0.717, 1.165) is 45.7 Å². The number of amides is 1. The Morgan fingerprint density at radius 3 is 2.57 bits per heavy atom. The summed E-state index contributed by atoms with van der Waals surface area (Å²) in [4.78, 5) is 19.8. The average Bonchev–Trinajstić information content (AvgIpc) is 3.32. The van der Waals surface area contributed by atoms with E-state index in [-0.39, 0.29) is 5.91 Å². The lowest BCUT2D eigenvalue weighted by Crippen LogP contribution is -2.29. The van der Waals surface area contributed by atoms with Crippen molar-refractivity contribution in [3.63, 3.8) is 0 Å². The summed E-state index contributed by atoms with van der Waals surface area (Å²) in [5.41, 5.74) is 4.30. The molecule has 1 N–H and O–H groups in total. The zero-order valence-corrected chi connectivity index (χ0v) is 18.9. The number of rotatable bonds is 7. The van der Waals surface area contributed by atoms with Gasteiger partial charge >= 0.3 is 0 Å².